The van der Waals surface area contributed by atoms with Gasteiger partial charge in [0.05, 0.1) is 22.8 Å². The number of aromatic nitrogens is 2. The molecule has 5 rings (SSSR count). The number of hydrogen-bond donors (Lipinski definition) is 0. The summed E-state index contributed by atoms with van der Waals surface area (Å²) >= 11 is 6.64. The molecule has 2 aromatic heterocycles. The summed E-state index contributed by atoms with van der Waals surface area (Å²) < 4.78 is 18.8. The molecule has 0 amide bonds. The highest BCUT2D eigenvalue weighted by molar-refractivity contribution is 6.32. The molecule has 1 aliphatic rings. The quantitative estimate of drug-likeness (QED) is 0.293. The van der Waals surface area contributed by atoms with E-state index in [0.717, 1.165) is 41.5 Å². The van der Waals surface area contributed by atoms with Gasteiger partial charge in [-0.05, 0) is 63.6 Å². The Hall–Kier alpha value is -3.13. The van der Waals surface area contributed by atoms with Crippen LogP contribution in [0.3, 0.4) is 0 Å². The van der Waals surface area contributed by atoms with Gasteiger partial charge in [-0.1, -0.05) is 29.8 Å². The van der Waals surface area contributed by atoms with Crippen molar-refractivity contribution in [2.75, 3.05) is 26.9 Å². The zero-order valence-electron chi connectivity index (χ0n) is 21.0. The van der Waals surface area contributed by atoms with Gasteiger partial charge in [0, 0.05) is 36.5 Å². The number of rotatable bonds is 5. The van der Waals surface area contributed by atoms with E-state index in [-0.39, 0.29) is 6.10 Å². The van der Waals surface area contributed by atoms with Crippen LogP contribution >= 0.6 is 11.6 Å². The topological polar surface area (TPSA) is 65.8 Å². The van der Waals surface area contributed by atoms with Crippen LogP contribution < -0.4 is 4.74 Å². The van der Waals surface area contributed by atoms with E-state index in [1.807, 2.05) is 75.4 Å². The van der Waals surface area contributed by atoms with Crippen LogP contribution in [0.25, 0.3) is 33.1 Å². The van der Waals surface area contributed by atoms with Crippen LogP contribution in [0.5, 0.6) is 5.75 Å². The first kappa shape index (κ1) is 24.6. The summed E-state index contributed by atoms with van der Waals surface area (Å²) in [6.45, 7) is 7.81. The van der Waals surface area contributed by atoms with E-state index in [1.165, 1.54) is 0 Å². The monoisotopic (exact) mass is 507 g/mol. The number of pyridine rings is 1. The highest BCUT2D eigenvalue weighted by atomic mass is 35.5. The minimum atomic E-state index is -0.658. The maximum Gasteiger partial charge on any atom is 0.419 e. The molecule has 8 heteroatoms. The summed E-state index contributed by atoms with van der Waals surface area (Å²) in [5, 5.41) is 2.09. The van der Waals surface area contributed by atoms with Crippen molar-refractivity contribution < 1.29 is 19.0 Å². The van der Waals surface area contributed by atoms with E-state index in [1.54, 1.807) is 11.7 Å². The van der Waals surface area contributed by atoms with Gasteiger partial charge in [0.2, 0.25) is 0 Å². The summed E-state index contributed by atoms with van der Waals surface area (Å²) in [7, 11) is 1.74. The molecule has 188 valence electrons. The molecule has 4 aromatic rings. The lowest BCUT2D eigenvalue weighted by atomic mass is 10.1. The van der Waals surface area contributed by atoms with Crippen molar-refractivity contribution in [2.24, 2.45) is 0 Å². The standard InChI is InChI=1S/C28H30ClN3O4/c1-28(2,3)36-27(33)32-24-10-9-20(35-17-31-12-11-21(16-31)34-4)13-19(24)15-25(32)22-14-18-7-5-6-8-23(18)30-26(22)29/h5-10,13-15,21H,11-12,16-17H2,1-4H3/t21-/m1/s1. The van der Waals surface area contributed by atoms with E-state index in [2.05, 4.69) is 9.88 Å². The van der Waals surface area contributed by atoms with Crippen molar-refractivity contribution in [1.82, 2.24) is 14.5 Å². The fraction of sp³-hybridized carbons (Fsp3) is 0.357. The summed E-state index contributed by atoms with van der Waals surface area (Å²) in [4.78, 5) is 20.2. The molecule has 0 aliphatic carbocycles. The number of benzene rings is 2. The lowest BCUT2D eigenvalue weighted by Gasteiger charge is -2.21. The first-order valence-electron chi connectivity index (χ1n) is 12.0. The average molecular weight is 508 g/mol. The van der Waals surface area contributed by atoms with Crippen LogP contribution in [0.15, 0.2) is 54.6 Å². The van der Waals surface area contributed by atoms with Gasteiger partial charge in [-0.3, -0.25) is 4.90 Å². The molecule has 7 nitrogen and oxygen atoms in total. The highest BCUT2D eigenvalue weighted by Gasteiger charge is 2.25. The molecular weight excluding hydrogens is 478 g/mol. The minimum absolute atomic E-state index is 0.252. The highest BCUT2D eigenvalue weighted by Crippen LogP contribution is 2.36. The molecule has 0 bridgehead atoms. The Kier molecular flexibility index (Phi) is 6.64. The largest absolute Gasteiger partial charge is 0.478 e. The molecule has 0 N–H and O–H groups in total. The van der Waals surface area contributed by atoms with Crippen LogP contribution in [0.1, 0.15) is 27.2 Å². The second-order valence-corrected chi connectivity index (χ2v) is 10.4. The Morgan fingerprint density at radius 3 is 2.67 bits per heavy atom. The fourth-order valence-corrected chi connectivity index (χ4v) is 4.77. The van der Waals surface area contributed by atoms with Gasteiger partial charge < -0.3 is 14.2 Å². The summed E-state index contributed by atoms with van der Waals surface area (Å²) in [6, 6.07) is 17.3. The van der Waals surface area contributed by atoms with E-state index in [4.69, 9.17) is 25.8 Å². The van der Waals surface area contributed by atoms with Crippen molar-refractivity contribution in [1.29, 1.82) is 0 Å². The van der Waals surface area contributed by atoms with Gasteiger partial charge >= 0.3 is 6.09 Å². The van der Waals surface area contributed by atoms with Crippen molar-refractivity contribution in [3.05, 3.63) is 59.8 Å². The molecule has 2 aromatic carbocycles. The van der Waals surface area contributed by atoms with Crippen molar-refractivity contribution in [3.8, 4) is 17.0 Å². The third-order valence-corrected chi connectivity index (χ3v) is 6.57. The van der Waals surface area contributed by atoms with Gasteiger partial charge in [-0.2, -0.15) is 0 Å². The number of fused-ring (bicyclic) bond motifs is 2. The number of hydrogen-bond acceptors (Lipinski definition) is 6. The SMILES string of the molecule is CO[C@@H]1CCN(COc2ccc3c(c2)cc(-c2cc4ccccc4nc2Cl)n3C(=O)OC(C)(C)C)C1. The molecule has 1 aliphatic heterocycles. The first-order chi connectivity index (χ1) is 17.2. The number of likely N-dealkylation sites (tertiary alicyclic amines) is 1. The molecule has 1 atom stereocenters. The maximum atomic E-state index is 13.4. The maximum absolute atomic E-state index is 13.4. The Balaban J connectivity index is 1.54. The van der Waals surface area contributed by atoms with E-state index in [0.29, 0.717) is 28.7 Å². The zero-order chi connectivity index (χ0) is 25.4. The zero-order valence-corrected chi connectivity index (χ0v) is 21.7. The number of ether oxygens (including phenoxy) is 3. The van der Waals surface area contributed by atoms with Gasteiger partial charge in [0.1, 0.15) is 23.2 Å². The summed E-state index contributed by atoms with van der Waals surface area (Å²) in [6.07, 6.45) is 0.775. The van der Waals surface area contributed by atoms with E-state index in [9.17, 15) is 4.79 Å². The Labute approximate surface area is 215 Å². The van der Waals surface area contributed by atoms with E-state index >= 15 is 0 Å². The predicted molar refractivity (Wildman–Crippen MR) is 142 cm³/mol. The average Bonchev–Trinajstić information content (AvgIpc) is 3.45. The normalized spacial score (nSPS) is 16.6. The number of carbonyl (C=O) groups is 1. The number of halogens is 1. The Morgan fingerprint density at radius 2 is 1.92 bits per heavy atom. The van der Waals surface area contributed by atoms with E-state index < -0.39 is 11.7 Å². The molecule has 0 unspecified atom stereocenters. The molecule has 0 saturated carbocycles. The summed E-state index contributed by atoms with van der Waals surface area (Å²) in [5.41, 5.74) is 2.11. The second kappa shape index (κ2) is 9.73. The lowest BCUT2D eigenvalue weighted by Crippen LogP contribution is -2.27. The minimum Gasteiger partial charge on any atom is -0.478 e. The van der Waals surface area contributed by atoms with Gasteiger partial charge in [-0.25, -0.2) is 14.3 Å². The summed E-state index contributed by atoms with van der Waals surface area (Å²) in [5.74, 6) is 0.721. The molecule has 3 heterocycles. The molecular formula is C28H30ClN3O4. The number of methoxy groups -OCH3 is 1. The number of nitrogens with zero attached hydrogens (tertiary/aromatic N) is 3. The van der Waals surface area contributed by atoms with Gasteiger partial charge in [0.15, 0.2) is 0 Å². The van der Waals surface area contributed by atoms with Crippen molar-refractivity contribution in [3.63, 3.8) is 0 Å². The van der Waals surface area contributed by atoms with Crippen LogP contribution in [-0.4, -0.2) is 59.2 Å². The van der Waals surface area contributed by atoms with Crippen LogP contribution in [0.4, 0.5) is 4.79 Å². The van der Waals surface area contributed by atoms with Crippen LogP contribution in [-0.2, 0) is 9.47 Å². The Bertz CT molecular complexity index is 1430. The van der Waals surface area contributed by atoms with Gasteiger partial charge in [-0.15, -0.1) is 0 Å². The lowest BCUT2D eigenvalue weighted by molar-refractivity contribution is 0.0547. The molecule has 1 saturated heterocycles. The number of carbonyl (C=O) groups excluding carboxylic acids is 1. The smallest absolute Gasteiger partial charge is 0.419 e. The fourth-order valence-electron chi connectivity index (χ4n) is 4.53. The Morgan fingerprint density at radius 1 is 1.11 bits per heavy atom. The molecule has 36 heavy (non-hydrogen) atoms. The molecule has 0 radical (unpaired) electrons. The van der Waals surface area contributed by atoms with Crippen molar-refractivity contribution >= 4 is 39.5 Å². The van der Waals surface area contributed by atoms with Crippen molar-refractivity contribution in [2.45, 2.75) is 38.9 Å². The first-order valence-corrected chi connectivity index (χ1v) is 12.4. The molecule has 0 spiro atoms. The third kappa shape index (κ3) is 5.05. The predicted octanol–water partition coefficient (Wildman–Crippen LogP) is 6.35. The van der Waals surface area contributed by atoms with Crippen LogP contribution in [0, 0.1) is 0 Å². The molecule has 1 fully saturated rings. The number of para-hydroxylation sites is 1. The van der Waals surface area contributed by atoms with Gasteiger partial charge in [0.25, 0.3) is 0 Å². The second-order valence-electron chi connectivity index (χ2n) is 10.1. The van der Waals surface area contributed by atoms with Crippen LogP contribution in [0.2, 0.25) is 5.15 Å². The third-order valence-electron chi connectivity index (χ3n) is 6.28.